The van der Waals surface area contributed by atoms with E-state index in [2.05, 4.69) is 43.9 Å². The summed E-state index contributed by atoms with van der Waals surface area (Å²) in [5.41, 5.74) is 3.38. The summed E-state index contributed by atoms with van der Waals surface area (Å²) in [5.74, 6) is 1.35. The molecule has 0 spiro atoms. The molecule has 2 fully saturated rings. The Hall–Kier alpha value is -1.90. The van der Waals surface area contributed by atoms with Crippen LogP contribution in [-0.4, -0.2) is 55.5 Å². The van der Waals surface area contributed by atoms with Crippen LogP contribution < -0.4 is 9.62 Å². The molecule has 1 saturated heterocycles. The van der Waals surface area contributed by atoms with Crippen LogP contribution in [0.3, 0.4) is 0 Å². The van der Waals surface area contributed by atoms with Gasteiger partial charge in [-0.3, -0.25) is 0 Å². The van der Waals surface area contributed by atoms with Gasteiger partial charge in [0.1, 0.15) is 5.82 Å². The maximum absolute atomic E-state index is 12.4. The van der Waals surface area contributed by atoms with Gasteiger partial charge in [-0.25, -0.2) is 18.1 Å². The molecule has 1 aromatic carbocycles. The number of nitrogens with zero attached hydrogens (tertiary/aromatic N) is 2. The fraction of sp³-hybridized carbons (Fsp3) is 0.609. The van der Waals surface area contributed by atoms with Gasteiger partial charge in [-0.05, 0) is 64.2 Å². The first-order valence-corrected chi connectivity index (χ1v) is 12.7. The van der Waals surface area contributed by atoms with Crippen molar-refractivity contribution in [3.8, 4) is 11.3 Å². The van der Waals surface area contributed by atoms with Gasteiger partial charge in [0, 0.05) is 30.7 Å². The first kappa shape index (κ1) is 22.3. The Kier molecular flexibility index (Phi) is 6.42. The molecular formula is C23H34N4O3S. The lowest BCUT2D eigenvalue weighted by Crippen LogP contribution is -2.45. The largest absolute Gasteiger partial charge is 0.378 e. The Labute approximate surface area is 185 Å². The number of aromatic nitrogens is 2. The molecule has 1 aliphatic heterocycles. The smallest absolute Gasteiger partial charge is 0.216 e. The minimum atomic E-state index is -3.31. The maximum atomic E-state index is 12.4. The molecule has 1 aromatic heterocycles. The first-order valence-electron chi connectivity index (χ1n) is 11.2. The second-order valence-corrected chi connectivity index (χ2v) is 12.1. The third kappa shape index (κ3) is 5.13. The van der Waals surface area contributed by atoms with Crippen molar-refractivity contribution in [2.24, 2.45) is 0 Å². The molecule has 4 rings (SSSR count). The minimum Gasteiger partial charge on any atom is -0.378 e. The third-order valence-electron chi connectivity index (χ3n) is 6.39. The molecule has 170 valence electrons. The van der Waals surface area contributed by atoms with E-state index in [1.54, 1.807) is 20.8 Å². The summed E-state index contributed by atoms with van der Waals surface area (Å²) >= 11 is 0. The molecule has 2 heterocycles. The predicted molar refractivity (Wildman–Crippen MR) is 124 cm³/mol. The lowest BCUT2D eigenvalue weighted by atomic mass is 9.86. The predicted octanol–water partition coefficient (Wildman–Crippen LogP) is 3.66. The summed E-state index contributed by atoms with van der Waals surface area (Å²) in [6, 6.07) is 8.62. The van der Waals surface area contributed by atoms with Crippen LogP contribution in [0.1, 0.15) is 58.2 Å². The number of ether oxygens (including phenoxy) is 1. The quantitative estimate of drug-likeness (QED) is 0.732. The van der Waals surface area contributed by atoms with Crippen molar-refractivity contribution in [2.45, 2.75) is 63.2 Å². The molecule has 0 amide bonds. The SMILES string of the molecule is CC(C)(C)S(=O)(=O)NC1CCC(c2ncc(-c3ccc(N4CCOCC4)cc3)[nH]2)CC1. The number of rotatable bonds is 5. The Morgan fingerprint density at radius 2 is 1.71 bits per heavy atom. The van der Waals surface area contributed by atoms with Crippen LogP contribution in [0.5, 0.6) is 0 Å². The van der Waals surface area contributed by atoms with Crippen molar-refractivity contribution in [3.05, 3.63) is 36.3 Å². The van der Waals surface area contributed by atoms with Gasteiger partial charge in [0.2, 0.25) is 10.0 Å². The number of nitrogens with one attached hydrogen (secondary N) is 2. The van der Waals surface area contributed by atoms with E-state index in [0.717, 1.165) is 69.1 Å². The van der Waals surface area contributed by atoms with E-state index in [1.807, 2.05) is 6.20 Å². The second kappa shape index (κ2) is 8.92. The standard InChI is InChI=1S/C23H34N4O3S/c1-23(2,3)31(28,29)26-19-8-4-18(5-9-19)22-24-16-21(25-22)17-6-10-20(11-7-17)27-12-14-30-15-13-27/h6-7,10-11,16,18-19,26H,4-5,8-9,12-15H2,1-3H3,(H,24,25). The summed E-state index contributed by atoms with van der Waals surface area (Å²) in [5, 5.41) is 0. The van der Waals surface area contributed by atoms with Crippen LogP contribution in [0.25, 0.3) is 11.3 Å². The fourth-order valence-electron chi connectivity index (χ4n) is 4.25. The molecule has 31 heavy (non-hydrogen) atoms. The fourth-order valence-corrected chi connectivity index (χ4v) is 5.27. The number of hydrogen-bond acceptors (Lipinski definition) is 5. The highest BCUT2D eigenvalue weighted by molar-refractivity contribution is 7.90. The van der Waals surface area contributed by atoms with E-state index >= 15 is 0 Å². The zero-order valence-electron chi connectivity index (χ0n) is 18.7. The maximum Gasteiger partial charge on any atom is 0.216 e. The summed E-state index contributed by atoms with van der Waals surface area (Å²) in [4.78, 5) is 10.5. The highest BCUT2D eigenvalue weighted by Crippen LogP contribution is 2.33. The summed E-state index contributed by atoms with van der Waals surface area (Å²) in [6.45, 7) is 8.64. The normalized spacial score (nSPS) is 23.1. The zero-order valence-corrected chi connectivity index (χ0v) is 19.5. The first-order chi connectivity index (χ1) is 14.7. The minimum absolute atomic E-state index is 0.0163. The van der Waals surface area contributed by atoms with Gasteiger partial charge in [0.05, 0.1) is 29.9 Å². The van der Waals surface area contributed by atoms with E-state index in [4.69, 9.17) is 4.74 Å². The molecule has 0 unspecified atom stereocenters. The number of morpholine rings is 1. The van der Waals surface area contributed by atoms with Crippen molar-refractivity contribution in [1.82, 2.24) is 14.7 Å². The molecule has 0 atom stereocenters. The number of anilines is 1. The van der Waals surface area contributed by atoms with Crippen LogP contribution in [0, 0.1) is 0 Å². The molecule has 2 N–H and O–H groups in total. The van der Waals surface area contributed by atoms with E-state index < -0.39 is 14.8 Å². The van der Waals surface area contributed by atoms with Crippen LogP contribution >= 0.6 is 0 Å². The molecule has 1 saturated carbocycles. The van der Waals surface area contributed by atoms with E-state index in [1.165, 1.54) is 5.69 Å². The Morgan fingerprint density at radius 1 is 1.06 bits per heavy atom. The van der Waals surface area contributed by atoms with E-state index in [0.29, 0.717) is 5.92 Å². The van der Waals surface area contributed by atoms with Gasteiger partial charge in [0.25, 0.3) is 0 Å². The lowest BCUT2D eigenvalue weighted by Gasteiger charge is -2.30. The summed E-state index contributed by atoms with van der Waals surface area (Å²) in [7, 11) is -3.31. The van der Waals surface area contributed by atoms with Crippen molar-refractivity contribution >= 4 is 15.7 Å². The van der Waals surface area contributed by atoms with E-state index in [9.17, 15) is 8.42 Å². The number of hydrogen-bond donors (Lipinski definition) is 2. The number of sulfonamides is 1. The van der Waals surface area contributed by atoms with Gasteiger partial charge in [-0.15, -0.1) is 0 Å². The number of H-pyrrole nitrogens is 1. The van der Waals surface area contributed by atoms with Crippen molar-refractivity contribution in [3.63, 3.8) is 0 Å². The molecule has 0 bridgehead atoms. The van der Waals surface area contributed by atoms with Crippen molar-refractivity contribution < 1.29 is 13.2 Å². The van der Waals surface area contributed by atoms with E-state index in [-0.39, 0.29) is 6.04 Å². The Balaban J connectivity index is 1.35. The Bertz CT molecular complexity index is 965. The van der Waals surface area contributed by atoms with Crippen LogP contribution in [0.2, 0.25) is 0 Å². The summed E-state index contributed by atoms with van der Waals surface area (Å²) in [6.07, 6.45) is 5.45. The zero-order chi connectivity index (χ0) is 22.1. The second-order valence-electron chi connectivity index (χ2n) is 9.61. The number of imidazole rings is 1. The highest BCUT2D eigenvalue weighted by Gasteiger charge is 2.33. The third-order valence-corrected chi connectivity index (χ3v) is 8.65. The molecule has 2 aromatic rings. The number of aromatic amines is 1. The molecule has 1 aliphatic carbocycles. The van der Waals surface area contributed by atoms with Gasteiger partial charge in [-0.1, -0.05) is 12.1 Å². The average molecular weight is 447 g/mol. The van der Waals surface area contributed by atoms with Crippen molar-refractivity contribution in [2.75, 3.05) is 31.2 Å². The molecule has 8 heteroatoms. The van der Waals surface area contributed by atoms with Gasteiger partial charge in [-0.2, -0.15) is 0 Å². The molecule has 0 radical (unpaired) electrons. The van der Waals surface area contributed by atoms with Crippen LogP contribution in [0.4, 0.5) is 5.69 Å². The molecular weight excluding hydrogens is 412 g/mol. The van der Waals surface area contributed by atoms with Gasteiger partial charge < -0.3 is 14.6 Å². The monoisotopic (exact) mass is 446 g/mol. The van der Waals surface area contributed by atoms with Crippen LogP contribution in [-0.2, 0) is 14.8 Å². The van der Waals surface area contributed by atoms with Gasteiger partial charge >= 0.3 is 0 Å². The topological polar surface area (TPSA) is 87.3 Å². The Morgan fingerprint density at radius 3 is 2.32 bits per heavy atom. The lowest BCUT2D eigenvalue weighted by molar-refractivity contribution is 0.122. The molecule has 7 nitrogen and oxygen atoms in total. The van der Waals surface area contributed by atoms with Crippen molar-refractivity contribution in [1.29, 1.82) is 0 Å². The average Bonchev–Trinajstić information content (AvgIpc) is 3.24. The van der Waals surface area contributed by atoms with Gasteiger partial charge in [0.15, 0.2) is 0 Å². The number of benzene rings is 1. The molecule has 2 aliphatic rings. The summed E-state index contributed by atoms with van der Waals surface area (Å²) < 4.78 is 32.4. The van der Waals surface area contributed by atoms with Crippen LogP contribution in [0.15, 0.2) is 30.5 Å². The highest BCUT2D eigenvalue weighted by atomic mass is 32.2.